The van der Waals surface area contributed by atoms with Crippen molar-refractivity contribution in [2.24, 2.45) is 0 Å². The van der Waals surface area contributed by atoms with Crippen LogP contribution >= 0.6 is 11.8 Å². The third-order valence-electron chi connectivity index (χ3n) is 2.23. The zero-order valence-corrected chi connectivity index (χ0v) is 11.0. The Morgan fingerprint density at radius 2 is 2.26 bits per heavy atom. The Hall–Kier alpha value is -1.84. The highest BCUT2D eigenvalue weighted by atomic mass is 32.2. The van der Waals surface area contributed by atoms with E-state index in [0.29, 0.717) is 22.4 Å². The zero-order chi connectivity index (χ0) is 13.7. The average molecular weight is 278 g/mol. The summed E-state index contributed by atoms with van der Waals surface area (Å²) in [4.78, 5) is 0. The molecule has 0 aliphatic carbocycles. The molecule has 4 nitrogen and oxygen atoms in total. The minimum atomic E-state index is -0.357. The van der Waals surface area contributed by atoms with Crippen LogP contribution in [0.2, 0.25) is 0 Å². The third kappa shape index (κ3) is 3.81. The maximum absolute atomic E-state index is 13.2. The van der Waals surface area contributed by atoms with Crippen LogP contribution in [0.4, 0.5) is 4.39 Å². The van der Waals surface area contributed by atoms with Crippen LogP contribution in [0, 0.1) is 24.6 Å². The van der Waals surface area contributed by atoms with Crippen LogP contribution in [0.5, 0.6) is 0 Å². The van der Waals surface area contributed by atoms with Gasteiger partial charge < -0.3 is 9.52 Å². The summed E-state index contributed by atoms with van der Waals surface area (Å²) in [5.74, 6) is 5.92. The number of halogens is 1. The van der Waals surface area contributed by atoms with Gasteiger partial charge in [0.05, 0.1) is 0 Å². The van der Waals surface area contributed by atoms with Gasteiger partial charge in [0.15, 0.2) is 0 Å². The van der Waals surface area contributed by atoms with E-state index in [1.807, 2.05) is 0 Å². The van der Waals surface area contributed by atoms with E-state index >= 15 is 0 Å². The van der Waals surface area contributed by atoms with E-state index in [4.69, 9.17) is 9.52 Å². The van der Waals surface area contributed by atoms with E-state index in [1.54, 1.807) is 13.0 Å². The SMILES string of the molecule is Cc1nnc(SCc2ccc(F)cc2C#CCO)o1. The Morgan fingerprint density at radius 1 is 1.42 bits per heavy atom. The molecule has 1 aromatic heterocycles. The summed E-state index contributed by atoms with van der Waals surface area (Å²) in [6, 6.07) is 4.38. The average Bonchev–Trinajstić information content (AvgIpc) is 2.81. The number of aryl methyl sites for hydroxylation is 1. The van der Waals surface area contributed by atoms with Crippen molar-refractivity contribution in [3.05, 3.63) is 41.0 Å². The first-order valence-corrected chi connectivity index (χ1v) is 6.48. The van der Waals surface area contributed by atoms with Crippen molar-refractivity contribution >= 4 is 11.8 Å². The maximum atomic E-state index is 13.2. The summed E-state index contributed by atoms with van der Waals surface area (Å²) in [6.07, 6.45) is 0. The molecule has 98 valence electrons. The Kier molecular flexibility index (Phi) is 4.55. The van der Waals surface area contributed by atoms with E-state index in [2.05, 4.69) is 22.0 Å². The molecule has 0 bridgehead atoms. The number of hydrogen-bond donors (Lipinski definition) is 1. The van der Waals surface area contributed by atoms with Gasteiger partial charge in [0, 0.05) is 18.2 Å². The van der Waals surface area contributed by atoms with Crippen LogP contribution in [0.25, 0.3) is 0 Å². The summed E-state index contributed by atoms with van der Waals surface area (Å²) in [5.41, 5.74) is 1.40. The quantitative estimate of drug-likeness (QED) is 0.688. The fourth-order valence-electron chi connectivity index (χ4n) is 1.40. The lowest BCUT2D eigenvalue weighted by Gasteiger charge is -2.02. The molecular weight excluding hydrogens is 267 g/mol. The van der Waals surface area contributed by atoms with E-state index < -0.39 is 0 Å². The van der Waals surface area contributed by atoms with E-state index in [1.165, 1.54) is 23.9 Å². The first kappa shape index (κ1) is 13.6. The molecule has 0 aliphatic heterocycles. The standard InChI is InChI=1S/C13H11FN2O2S/c1-9-15-16-13(18-9)19-8-11-4-5-12(14)7-10(11)3-2-6-17/h4-5,7,17H,6,8H2,1H3. The van der Waals surface area contributed by atoms with Crippen LogP contribution in [-0.2, 0) is 5.75 Å². The highest BCUT2D eigenvalue weighted by Gasteiger charge is 2.07. The number of rotatable bonds is 3. The van der Waals surface area contributed by atoms with Crippen LogP contribution in [0.3, 0.4) is 0 Å². The van der Waals surface area contributed by atoms with Gasteiger partial charge >= 0.3 is 0 Å². The van der Waals surface area contributed by atoms with Crippen molar-refractivity contribution in [2.45, 2.75) is 17.9 Å². The summed E-state index contributed by atoms with van der Waals surface area (Å²) >= 11 is 1.35. The Morgan fingerprint density at radius 3 is 2.95 bits per heavy atom. The third-order valence-corrected chi connectivity index (χ3v) is 3.10. The normalized spacial score (nSPS) is 10.1. The molecule has 0 spiro atoms. The monoisotopic (exact) mass is 278 g/mol. The van der Waals surface area contributed by atoms with E-state index in [9.17, 15) is 4.39 Å². The second kappa shape index (κ2) is 6.36. The largest absolute Gasteiger partial charge is 0.416 e. The first-order valence-electron chi connectivity index (χ1n) is 5.50. The minimum absolute atomic E-state index is 0.258. The van der Waals surface area contributed by atoms with Crippen molar-refractivity contribution in [1.29, 1.82) is 0 Å². The molecule has 0 unspecified atom stereocenters. The molecule has 19 heavy (non-hydrogen) atoms. The molecular formula is C13H11FN2O2S. The molecule has 0 fully saturated rings. The lowest BCUT2D eigenvalue weighted by atomic mass is 10.1. The first-order chi connectivity index (χ1) is 9.19. The van der Waals surface area contributed by atoms with Crippen LogP contribution in [0.15, 0.2) is 27.8 Å². The molecule has 0 saturated carbocycles. The number of aliphatic hydroxyl groups is 1. The van der Waals surface area contributed by atoms with Gasteiger partial charge in [-0.3, -0.25) is 0 Å². The highest BCUT2D eigenvalue weighted by molar-refractivity contribution is 7.98. The van der Waals surface area contributed by atoms with Gasteiger partial charge in [-0.15, -0.1) is 10.2 Å². The fraction of sp³-hybridized carbons (Fsp3) is 0.231. The summed E-state index contributed by atoms with van der Waals surface area (Å²) < 4.78 is 18.4. The highest BCUT2D eigenvalue weighted by Crippen LogP contribution is 2.23. The number of hydrogen-bond acceptors (Lipinski definition) is 5. The smallest absolute Gasteiger partial charge is 0.276 e. The molecule has 1 heterocycles. The van der Waals surface area contributed by atoms with Crippen LogP contribution in [-0.4, -0.2) is 21.9 Å². The van der Waals surface area contributed by atoms with Gasteiger partial charge in [-0.25, -0.2) is 4.39 Å². The molecule has 0 amide bonds. The lowest BCUT2D eigenvalue weighted by molar-refractivity contribution is 0.350. The molecule has 0 aliphatic rings. The second-order valence-electron chi connectivity index (χ2n) is 3.64. The van der Waals surface area contributed by atoms with Gasteiger partial charge in [0.25, 0.3) is 5.22 Å². The molecule has 0 radical (unpaired) electrons. The summed E-state index contributed by atoms with van der Waals surface area (Å²) in [6.45, 7) is 1.46. The molecule has 6 heteroatoms. The van der Waals surface area contributed by atoms with Gasteiger partial charge in [0.1, 0.15) is 12.4 Å². The number of nitrogens with zero attached hydrogens (tertiary/aromatic N) is 2. The second-order valence-corrected chi connectivity index (χ2v) is 4.56. The molecule has 0 saturated heterocycles. The number of thioether (sulfide) groups is 1. The van der Waals surface area contributed by atoms with Gasteiger partial charge in [-0.2, -0.15) is 0 Å². The Balaban J connectivity index is 2.15. The number of benzene rings is 1. The van der Waals surface area contributed by atoms with Crippen molar-refractivity contribution < 1.29 is 13.9 Å². The van der Waals surface area contributed by atoms with Crippen molar-refractivity contribution in [3.63, 3.8) is 0 Å². The predicted octanol–water partition coefficient (Wildman–Crippen LogP) is 2.15. The predicted molar refractivity (Wildman–Crippen MR) is 69.0 cm³/mol. The maximum Gasteiger partial charge on any atom is 0.276 e. The van der Waals surface area contributed by atoms with Gasteiger partial charge in [-0.1, -0.05) is 29.7 Å². The van der Waals surface area contributed by atoms with Gasteiger partial charge in [0.2, 0.25) is 5.89 Å². The fourth-order valence-corrected chi connectivity index (χ4v) is 2.21. The summed E-state index contributed by atoms with van der Waals surface area (Å²) in [5, 5.41) is 16.7. The zero-order valence-electron chi connectivity index (χ0n) is 10.2. The van der Waals surface area contributed by atoms with Crippen molar-refractivity contribution in [2.75, 3.05) is 6.61 Å². The molecule has 1 aromatic carbocycles. The molecule has 0 atom stereocenters. The summed E-state index contributed by atoms with van der Waals surface area (Å²) in [7, 11) is 0. The molecule has 2 rings (SSSR count). The minimum Gasteiger partial charge on any atom is -0.416 e. The molecule has 2 aromatic rings. The van der Waals surface area contributed by atoms with Crippen LogP contribution < -0.4 is 0 Å². The van der Waals surface area contributed by atoms with Crippen molar-refractivity contribution in [1.82, 2.24) is 10.2 Å². The number of aromatic nitrogens is 2. The number of aliphatic hydroxyl groups excluding tert-OH is 1. The van der Waals surface area contributed by atoms with Gasteiger partial charge in [-0.05, 0) is 17.7 Å². The van der Waals surface area contributed by atoms with Crippen LogP contribution in [0.1, 0.15) is 17.0 Å². The van der Waals surface area contributed by atoms with E-state index in [0.717, 1.165) is 5.56 Å². The molecule has 1 N–H and O–H groups in total. The topological polar surface area (TPSA) is 59.2 Å². The Bertz CT molecular complexity index is 631. The Labute approximate surface area is 114 Å². The van der Waals surface area contributed by atoms with Crippen molar-refractivity contribution in [3.8, 4) is 11.8 Å². The lowest BCUT2D eigenvalue weighted by Crippen LogP contribution is -1.90. The van der Waals surface area contributed by atoms with E-state index in [-0.39, 0.29) is 12.4 Å².